The van der Waals surface area contributed by atoms with Gasteiger partial charge >= 0.3 is 5.97 Å². The van der Waals surface area contributed by atoms with Crippen LogP contribution in [0.2, 0.25) is 0 Å². The van der Waals surface area contributed by atoms with Crippen LogP contribution in [0.1, 0.15) is 37.5 Å². The zero-order valence-corrected chi connectivity index (χ0v) is 20.0. The molecule has 8 nitrogen and oxygen atoms in total. The van der Waals surface area contributed by atoms with E-state index >= 15 is 0 Å². The number of aliphatic imine (C=N–C) groups is 1. The van der Waals surface area contributed by atoms with Gasteiger partial charge in [-0.25, -0.2) is 4.79 Å². The van der Waals surface area contributed by atoms with Crippen molar-refractivity contribution in [1.29, 1.82) is 0 Å². The van der Waals surface area contributed by atoms with Crippen molar-refractivity contribution in [2.75, 3.05) is 4.90 Å². The zero-order valence-electron chi connectivity index (χ0n) is 20.0. The molecule has 4 heterocycles. The molecule has 0 fully saturated rings. The first-order valence-electron chi connectivity index (χ1n) is 11.7. The van der Waals surface area contributed by atoms with Crippen LogP contribution in [0.25, 0.3) is 16.5 Å². The third-order valence-corrected chi connectivity index (χ3v) is 6.42. The fraction of sp³-hybridized carbons (Fsp3) is 0.214. The summed E-state index contributed by atoms with van der Waals surface area (Å²) in [5.41, 5.74) is 3.76. The van der Waals surface area contributed by atoms with Gasteiger partial charge in [-0.05, 0) is 44.0 Å². The topological polar surface area (TPSA) is 101 Å². The molecule has 0 radical (unpaired) electrons. The lowest BCUT2D eigenvalue weighted by atomic mass is 9.91. The Morgan fingerprint density at radius 2 is 1.81 bits per heavy atom. The molecule has 6 rings (SSSR count). The van der Waals surface area contributed by atoms with Gasteiger partial charge in [0, 0.05) is 29.8 Å². The van der Waals surface area contributed by atoms with Gasteiger partial charge in [-0.15, -0.1) is 0 Å². The van der Waals surface area contributed by atoms with Crippen molar-refractivity contribution in [2.24, 2.45) is 4.99 Å². The number of fused-ring (bicyclic) bond motifs is 1. The van der Waals surface area contributed by atoms with Crippen molar-refractivity contribution in [2.45, 2.75) is 38.8 Å². The summed E-state index contributed by atoms with van der Waals surface area (Å²) in [6.07, 6.45) is 5.29. The van der Waals surface area contributed by atoms with Crippen molar-refractivity contribution in [3.05, 3.63) is 83.4 Å². The number of esters is 1. The summed E-state index contributed by atoms with van der Waals surface area (Å²) in [6, 6.07) is 12.3. The van der Waals surface area contributed by atoms with Crippen LogP contribution in [0, 0.1) is 0 Å². The first-order valence-corrected chi connectivity index (χ1v) is 11.7. The number of ether oxygens (including phenoxy) is 1. The van der Waals surface area contributed by atoms with E-state index in [0.717, 1.165) is 16.6 Å². The van der Waals surface area contributed by atoms with Gasteiger partial charge in [-0.1, -0.05) is 30.3 Å². The van der Waals surface area contributed by atoms with E-state index < -0.39 is 23.5 Å². The summed E-state index contributed by atoms with van der Waals surface area (Å²) in [5.74, 6) is -1.34. The monoisotopic (exact) mass is 481 g/mol. The Kier molecular flexibility index (Phi) is 4.76. The molecule has 0 spiro atoms. The van der Waals surface area contributed by atoms with Crippen LogP contribution in [0.15, 0.2) is 76.1 Å². The molecule has 36 heavy (non-hydrogen) atoms. The molecule has 3 aliphatic heterocycles. The average Bonchev–Trinajstić information content (AvgIpc) is 3.47. The lowest BCUT2D eigenvalue weighted by Crippen LogP contribution is -2.40. The Labute approximate surface area is 206 Å². The highest BCUT2D eigenvalue weighted by Gasteiger charge is 2.42. The second-order valence-corrected chi connectivity index (χ2v) is 9.92. The molecule has 0 aliphatic carbocycles. The molecule has 0 bridgehead atoms. The van der Waals surface area contributed by atoms with Crippen LogP contribution in [-0.2, 0) is 25.5 Å². The highest BCUT2D eigenvalue weighted by atomic mass is 16.6. The Morgan fingerprint density at radius 3 is 2.61 bits per heavy atom. The van der Waals surface area contributed by atoms with Crippen molar-refractivity contribution < 1.29 is 23.5 Å². The van der Waals surface area contributed by atoms with E-state index in [1.54, 1.807) is 42.9 Å². The number of anilines is 1. The van der Waals surface area contributed by atoms with Crippen molar-refractivity contribution in [3.8, 4) is 0 Å². The number of amides is 2. The van der Waals surface area contributed by atoms with Crippen LogP contribution in [0.4, 0.5) is 5.69 Å². The smallest absolute Gasteiger partial charge is 0.329 e. The van der Waals surface area contributed by atoms with E-state index in [2.05, 4.69) is 10.3 Å². The van der Waals surface area contributed by atoms with E-state index in [4.69, 9.17) is 9.15 Å². The average molecular weight is 482 g/mol. The van der Waals surface area contributed by atoms with Crippen molar-refractivity contribution in [3.63, 3.8) is 0 Å². The molecule has 180 valence electrons. The maximum atomic E-state index is 13.2. The molecule has 8 heteroatoms. The lowest BCUT2D eigenvalue weighted by molar-refractivity contribution is -0.156. The third kappa shape index (κ3) is 3.37. The van der Waals surface area contributed by atoms with Gasteiger partial charge in [-0.2, -0.15) is 0 Å². The van der Waals surface area contributed by atoms with E-state index in [1.165, 1.54) is 0 Å². The molecular formula is C28H23N3O5. The Balaban J connectivity index is 1.51. The largest absolute Gasteiger partial charge is 0.464 e. The number of nitrogens with one attached hydrogen (secondary N) is 1. The fourth-order valence-electron chi connectivity index (χ4n) is 5.06. The summed E-state index contributed by atoms with van der Waals surface area (Å²) in [4.78, 5) is 45.7. The number of carbonyl (C=O) groups is 3. The first kappa shape index (κ1) is 22.0. The maximum Gasteiger partial charge on any atom is 0.329 e. The highest BCUT2D eigenvalue weighted by Crippen LogP contribution is 2.41. The summed E-state index contributed by atoms with van der Waals surface area (Å²) in [7, 11) is 0. The molecule has 0 saturated heterocycles. The first-order chi connectivity index (χ1) is 17.2. The number of benzene rings is 2. The van der Waals surface area contributed by atoms with Crippen LogP contribution in [0.3, 0.4) is 0 Å². The Hall–Kier alpha value is -4.46. The number of carbonyl (C=O) groups excluding carboxylic acids is 3. The van der Waals surface area contributed by atoms with Gasteiger partial charge in [0.25, 0.3) is 11.8 Å². The standard InChI is InChI=1S/C28H23N3O5/c1-28(2,3)36-27(34)19-14-15-6-4-8-18-23(29-11-12-31(19)24(15)18)22-21(25(32)30-26(22)33)17-7-5-9-20-16(17)10-13-35-20/h4-13,19H,14H2,1-3H3,(H,30,32,33). The number of furan rings is 1. The molecule has 1 unspecified atom stereocenters. The number of para-hydroxylation sites is 1. The van der Waals surface area contributed by atoms with E-state index in [0.29, 0.717) is 28.8 Å². The molecular weight excluding hydrogens is 458 g/mol. The van der Waals surface area contributed by atoms with Gasteiger partial charge in [0.15, 0.2) is 0 Å². The van der Waals surface area contributed by atoms with E-state index in [1.807, 2.05) is 43.9 Å². The molecule has 2 aromatic carbocycles. The fourth-order valence-corrected chi connectivity index (χ4v) is 5.06. The van der Waals surface area contributed by atoms with Gasteiger partial charge in [-0.3, -0.25) is 19.9 Å². The quantitative estimate of drug-likeness (QED) is 0.450. The summed E-state index contributed by atoms with van der Waals surface area (Å²) in [6.45, 7) is 5.51. The second kappa shape index (κ2) is 7.78. The third-order valence-electron chi connectivity index (χ3n) is 6.42. The zero-order chi connectivity index (χ0) is 25.2. The molecule has 3 aliphatic rings. The van der Waals surface area contributed by atoms with Crippen LogP contribution < -0.4 is 10.2 Å². The SMILES string of the molecule is CC(C)(C)OC(=O)C1Cc2cccc3c2N1C=CN=C3C1=C(c2cccc3occc23)C(=O)NC1=O. The van der Waals surface area contributed by atoms with Gasteiger partial charge in [0.05, 0.1) is 28.8 Å². The van der Waals surface area contributed by atoms with Crippen LogP contribution in [-0.4, -0.2) is 35.1 Å². The van der Waals surface area contributed by atoms with Gasteiger partial charge in [0.2, 0.25) is 0 Å². The van der Waals surface area contributed by atoms with E-state index in [-0.39, 0.29) is 17.1 Å². The van der Waals surface area contributed by atoms with Crippen molar-refractivity contribution >= 4 is 45.7 Å². The van der Waals surface area contributed by atoms with Crippen LogP contribution in [0.5, 0.6) is 0 Å². The summed E-state index contributed by atoms with van der Waals surface area (Å²) >= 11 is 0. The minimum Gasteiger partial charge on any atom is -0.464 e. The minimum absolute atomic E-state index is 0.189. The number of imide groups is 1. The molecule has 2 amide bonds. The predicted octanol–water partition coefficient (Wildman–Crippen LogP) is 3.89. The minimum atomic E-state index is -0.623. The Morgan fingerprint density at radius 1 is 1.06 bits per heavy atom. The second-order valence-electron chi connectivity index (χ2n) is 9.92. The maximum absolute atomic E-state index is 13.2. The van der Waals surface area contributed by atoms with Gasteiger partial charge in [0.1, 0.15) is 17.2 Å². The molecule has 0 saturated carbocycles. The lowest BCUT2D eigenvalue weighted by Gasteiger charge is -2.27. The van der Waals surface area contributed by atoms with E-state index in [9.17, 15) is 14.4 Å². The normalized spacial score (nSPS) is 18.9. The highest BCUT2D eigenvalue weighted by molar-refractivity contribution is 6.48. The molecule has 1 atom stereocenters. The number of hydrogen-bond donors (Lipinski definition) is 1. The predicted molar refractivity (Wildman–Crippen MR) is 134 cm³/mol. The molecule has 1 aromatic heterocycles. The molecule has 3 aromatic rings. The number of nitrogens with zero attached hydrogens (tertiary/aromatic N) is 2. The molecule has 1 N–H and O–H groups in total. The van der Waals surface area contributed by atoms with Crippen molar-refractivity contribution in [1.82, 2.24) is 5.32 Å². The number of hydrogen-bond acceptors (Lipinski definition) is 7. The van der Waals surface area contributed by atoms with Gasteiger partial charge < -0.3 is 14.1 Å². The summed E-state index contributed by atoms with van der Waals surface area (Å²) < 4.78 is 11.2. The Bertz CT molecular complexity index is 1570. The summed E-state index contributed by atoms with van der Waals surface area (Å²) in [5, 5.41) is 3.17. The number of rotatable bonds is 3. The van der Waals surface area contributed by atoms with Crippen LogP contribution >= 0.6 is 0 Å².